The van der Waals surface area contributed by atoms with E-state index in [-0.39, 0.29) is 17.3 Å². The molecule has 20 heavy (non-hydrogen) atoms. The summed E-state index contributed by atoms with van der Waals surface area (Å²) in [5, 5.41) is 0. The lowest BCUT2D eigenvalue weighted by Gasteiger charge is -2.37. The standard InChI is InChI=1S/C16H19NO3/c1-2-20-15(19)17-9-7-16(8-10-17)11-12-5-3-4-6-13(12)14(16)18/h3-6H,2,7-11H2,1H3. The van der Waals surface area contributed by atoms with Crippen LogP contribution in [0.25, 0.3) is 0 Å². The zero-order valence-corrected chi connectivity index (χ0v) is 11.7. The molecule has 1 aromatic carbocycles. The number of carbonyl (C=O) groups excluding carboxylic acids is 2. The first-order valence-electron chi connectivity index (χ1n) is 7.21. The number of hydrogen-bond acceptors (Lipinski definition) is 3. The highest BCUT2D eigenvalue weighted by Crippen LogP contribution is 2.44. The van der Waals surface area contributed by atoms with E-state index in [0.29, 0.717) is 19.7 Å². The summed E-state index contributed by atoms with van der Waals surface area (Å²) in [6.07, 6.45) is 2.03. The van der Waals surface area contributed by atoms with Crippen molar-refractivity contribution in [2.75, 3.05) is 19.7 Å². The Morgan fingerprint density at radius 1 is 1.30 bits per heavy atom. The molecule has 2 aliphatic rings. The Morgan fingerprint density at radius 2 is 2.00 bits per heavy atom. The van der Waals surface area contributed by atoms with Crippen LogP contribution in [0.3, 0.4) is 0 Å². The molecule has 1 aliphatic heterocycles. The molecule has 1 aliphatic carbocycles. The maximum Gasteiger partial charge on any atom is 0.409 e. The largest absolute Gasteiger partial charge is 0.450 e. The normalized spacial score (nSPS) is 20.1. The van der Waals surface area contributed by atoms with Gasteiger partial charge in [0.25, 0.3) is 0 Å². The van der Waals surface area contributed by atoms with Crippen LogP contribution in [0.5, 0.6) is 0 Å². The van der Waals surface area contributed by atoms with Crippen molar-refractivity contribution in [1.82, 2.24) is 4.90 Å². The van der Waals surface area contributed by atoms with Gasteiger partial charge in [-0.05, 0) is 31.7 Å². The Morgan fingerprint density at radius 3 is 2.65 bits per heavy atom. The number of amides is 1. The van der Waals surface area contributed by atoms with Gasteiger partial charge >= 0.3 is 6.09 Å². The molecule has 3 rings (SSSR count). The molecule has 4 nitrogen and oxygen atoms in total. The fraction of sp³-hybridized carbons (Fsp3) is 0.500. The number of likely N-dealkylation sites (tertiary alicyclic amines) is 1. The summed E-state index contributed by atoms with van der Waals surface area (Å²) in [4.78, 5) is 26.1. The van der Waals surface area contributed by atoms with Gasteiger partial charge < -0.3 is 9.64 Å². The van der Waals surface area contributed by atoms with Crippen molar-refractivity contribution < 1.29 is 14.3 Å². The Kier molecular flexibility index (Phi) is 3.24. The van der Waals surface area contributed by atoms with E-state index in [0.717, 1.165) is 30.4 Å². The number of nitrogens with zero attached hydrogens (tertiary/aromatic N) is 1. The topological polar surface area (TPSA) is 46.6 Å². The van der Waals surface area contributed by atoms with E-state index in [2.05, 4.69) is 0 Å². The number of fused-ring (bicyclic) bond motifs is 1. The number of rotatable bonds is 1. The molecule has 0 atom stereocenters. The summed E-state index contributed by atoms with van der Waals surface area (Å²) < 4.78 is 5.02. The second kappa shape index (κ2) is 4.93. The van der Waals surface area contributed by atoms with Gasteiger partial charge in [0.05, 0.1) is 6.61 Å². The van der Waals surface area contributed by atoms with Crippen molar-refractivity contribution in [2.45, 2.75) is 26.2 Å². The Balaban J connectivity index is 1.73. The van der Waals surface area contributed by atoms with E-state index in [1.165, 1.54) is 0 Å². The second-order valence-electron chi connectivity index (χ2n) is 5.63. The highest BCUT2D eigenvalue weighted by Gasteiger charge is 2.47. The fourth-order valence-corrected chi connectivity index (χ4v) is 3.36. The van der Waals surface area contributed by atoms with E-state index >= 15 is 0 Å². The molecule has 4 heteroatoms. The zero-order valence-electron chi connectivity index (χ0n) is 11.7. The zero-order chi connectivity index (χ0) is 14.2. The van der Waals surface area contributed by atoms with E-state index in [4.69, 9.17) is 4.74 Å². The number of benzene rings is 1. The van der Waals surface area contributed by atoms with Crippen LogP contribution in [0.1, 0.15) is 35.7 Å². The summed E-state index contributed by atoms with van der Waals surface area (Å²) in [5.41, 5.74) is 1.74. The van der Waals surface area contributed by atoms with Crippen molar-refractivity contribution >= 4 is 11.9 Å². The van der Waals surface area contributed by atoms with Crippen LogP contribution in [0.2, 0.25) is 0 Å². The number of carbonyl (C=O) groups is 2. The molecule has 1 spiro atoms. The first-order valence-corrected chi connectivity index (χ1v) is 7.21. The molecule has 0 unspecified atom stereocenters. The van der Waals surface area contributed by atoms with Crippen LogP contribution in [0, 0.1) is 5.41 Å². The van der Waals surface area contributed by atoms with Crippen LogP contribution in [0.15, 0.2) is 24.3 Å². The van der Waals surface area contributed by atoms with Gasteiger partial charge in [0.15, 0.2) is 5.78 Å². The molecule has 0 radical (unpaired) electrons. The highest BCUT2D eigenvalue weighted by atomic mass is 16.6. The van der Waals surface area contributed by atoms with Gasteiger partial charge in [-0.1, -0.05) is 24.3 Å². The van der Waals surface area contributed by atoms with Gasteiger partial charge in [-0.3, -0.25) is 4.79 Å². The maximum absolute atomic E-state index is 12.6. The second-order valence-corrected chi connectivity index (χ2v) is 5.63. The van der Waals surface area contributed by atoms with Crippen LogP contribution in [0.4, 0.5) is 4.79 Å². The molecular weight excluding hydrogens is 254 g/mol. The first-order chi connectivity index (χ1) is 9.66. The minimum Gasteiger partial charge on any atom is -0.450 e. The van der Waals surface area contributed by atoms with Crippen LogP contribution in [-0.2, 0) is 11.2 Å². The summed E-state index contributed by atoms with van der Waals surface area (Å²) >= 11 is 0. The Bertz CT molecular complexity index is 544. The third-order valence-corrected chi connectivity index (χ3v) is 4.52. The fourth-order valence-electron chi connectivity index (χ4n) is 3.36. The minimum absolute atomic E-state index is 0.259. The predicted molar refractivity (Wildman–Crippen MR) is 74.7 cm³/mol. The average Bonchev–Trinajstić information content (AvgIpc) is 2.73. The summed E-state index contributed by atoms with van der Waals surface area (Å²) in [6.45, 7) is 3.42. The van der Waals surface area contributed by atoms with E-state index in [9.17, 15) is 9.59 Å². The van der Waals surface area contributed by atoms with Crippen molar-refractivity contribution in [3.8, 4) is 0 Å². The molecule has 1 aromatic rings. The molecular formula is C16H19NO3. The van der Waals surface area contributed by atoms with Gasteiger partial charge in [0.2, 0.25) is 0 Å². The molecule has 106 valence electrons. The van der Waals surface area contributed by atoms with Gasteiger partial charge in [-0.2, -0.15) is 0 Å². The van der Waals surface area contributed by atoms with Gasteiger partial charge in [0, 0.05) is 24.1 Å². The van der Waals surface area contributed by atoms with Crippen molar-refractivity contribution in [2.24, 2.45) is 5.41 Å². The molecule has 0 saturated carbocycles. The lowest BCUT2D eigenvalue weighted by atomic mass is 9.75. The lowest BCUT2D eigenvalue weighted by Crippen LogP contribution is -2.45. The predicted octanol–water partition coefficient (Wildman–Crippen LogP) is 2.66. The lowest BCUT2D eigenvalue weighted by molar-refractivity contribution is 0.0553. The van der Waals surface area contributed by atoms with Crippen molar-refractivity contribution in [3.63, 3.8) is 0 Å². The van der Waals surface area contributed by atoms with Crippen LogP contribution < -0.4 is 0 Å². The average molecular weight is 273 g/mol. The van der Waals surface area contributed by atoms with Crippen molar-refractivity contribution in [1.29, 1.82) is 0 Å². The summed E-state index contributed by atoms with van der Waals surface area (Å²) in [5.74, 6) is 0.261. The van der Waals surface area contributed by atoms with E-state index < -0.39 is 0 Å². The SMILES string of the molecule is CCOC(=O)N1CCC2(CC1)Cc1ccccc1C2=O. The monoisotopic (exact) mass is 273 g/mol. The van der Waals surface area contributed by atoms with Gasteiger partial charge in [-0.15, -0.1) is 0 Å². The summed E-state index contributed by atoms with van der Waals surface area (Å²) in [6, 6.07) is 7.87. The quantitative estimate of drug-likeness (QED) is 0.790. The van der Waals surface area contributed by atoms with E-state index in [1.54, 1.807) is 11.8 Å². The first kappa shape index (κ1) is 13.2. The third-order valence-electron chi connectivity index (χ3n) is 4.52. The maximum atomic E-state index is 12.6. The van der Waals surface area contributed by atoms with Crippen LogP contribution >= 0.6 is 0 Å². The Hall–Kier alpha value is -1.84. The number of ether oxygens (including phenoxy) is 1. The number of ketones is 1. The molecule has 0 aromatic heterocycles. The van der Waals surface area contributed by atoms with Crippen molar-refractivity contribution in [3.05, 3.63) is 35.4 Å². The number of hydrogen-bond donors (Lipinski definition) is 0. The number of piperidine rings is 1. The molecule has 1 fully saturated rings. The molecule has 1 amide bonds. The highest BCUT2D eigenvalue weighted by molar-refractivity contribution is 6.05. The molecule has 0 N–H and O–H groups in total. The number of Topliss-reactive ketones (excluding diaryl/α,β-unsaturated/α-hetero) is 1. The smallest absolute Gasteiger partial charge is 0.409 e. The summed E-state index contributed by atoms with van der Waals surface area (Å²) in [7, 11) is 0. The molecule has 1 heterocycles. The van der Waals surface area contributed by atoms with Crippen LogP contribution in [-0.4, -0.2) is 36.5 Å². The third kappa shape index (κ3) is 1.99. The minimum atomic E-state index is -0.285. The van der Waals surface area contributed by atoms with Gasteiger partial charge in [-0.25, -0.2) is 4.79 Å². The molecule has 0 bridgehead atoms. The molecule has 1 saturated heterocycles. The Labute approximate surface area is 118 Å². The van der Waals surface area contributed by atoms with Gasteiger partial charge in [0.1, 0.15) is 0 Å². The van der Waals surface area contributed by atoms with E-state index in [1.807, 2.05) is 24.3 Å².